The van der Waals surface area contributed by atoms with Crippen molar-refractivity contribution in [3.8, 4) is 11.1 Å². The number of anilines is 2. The number of para-hydroxylation sites is 1. The topological polar surface area (TPSA) is 16.4 Å². The van der Waals surface area contributed by atoms with Crippen LogP contribution >= 0.6 is 0 Å². The standard InChI is InChI=1S/C61H43NO/c1-2-14-41(15-3-1)36-42-26-31-48(32-27-42)62(49-33-28-43(29-34-49)57-38-45-17-5-7-19-51(45)54-22-10-11-23-55(54)57)40-46-30-35-60-61(56-24-12-13-25-59(56)63-60)58(46)39-47-37-44-16-4-6-18-50(44)53-21-9-8-20-52(47)53/h1-35,37-38H,36,39-40H2. The van der Waals surface area contributed by atoms with Gasteiger partial charge in [0.25, 0.3) is 0 Å². The van der Waals surface area contributed by atoms with E-state index in [4.69, 9.17) is 4.42 Å². The van der Waals surface area contributed by atoms with Crippen LogP contribution in [0.25, 0.3) is 76.2 Å². The third kappa shape index (κ3) is 6.68. The molecule has 1 aromatic heterocycles. The fourth-order valence-corrected chi connectivity index (χ4v) is 9.99. The van der Waals surface area contributed by atoms with Crippen molar-refractivity contribution in [2.75, 3.05) is 4.90 Å². The summed E-state index contributed by atoms with van der Waals surface area (Å²) in [6.45, 7) is 0.673. The molecular weight excluding hydrogens is 763 g/mol. The van der Waals surface area contributed by atoms with Crippen LogP contribution in [-0.4, -0.2) is 0 Å². The van der Waals surface area contributed by atoms with Gasteiger partial charge < -0.3 is 9.32 Å². The van der Waals surface area contributed by atoms with E-state index >= 15 is 0 Å². The molecule has 12 aromatic rings. The summed E-state index contributed by atoms with van der Waals surface area (Å²) in [6.07, 6.45) is 1.66. The van der Waals surface area contributed by atoms with E-state index in [-0.39, 0.29) is 0 Å². The van der Waals surface area contributed by atoms with Crippen molar-refractivity contribution in [1.82, 2.24) is 0 Å². The summed E-state index contributed by atoms with van der Waals surface area (Å²) in [6, 6.07) is 82.0. The molecule has 0 aliphatic rings. The zero-order chi connectivity index (χ0) is 41.7. The Morgan fingerprint density at radius 3 is 1.60 bits per heavy atom. The van der Waals surface area contributed by atoms with E-state index in [1.807, 2.05) is 0 Å². The smallest absolute Gasteiger partial charge is 0.135 e. The summed E-state index contributed by atoms with van der Waals surface area (Å²) in [7, 11) is 0. The molecule has 0 bridgehead atoms. The van der Waals surface area contributed by atoms with Crippen LogP contribution in [0.5, 0.6) is 0 Å². The van der Waals surface area contributed by atoms with Crippen molar-refractivity contribution in [3.05, 3.63) is 252 Å². The Balaban J connectivity index is 1.01. The predicted octanol–water partition coefficient (Wildman–Crippen LogP) is 16.4. The Labute approximate surface area is 366 Å². The van der Waals surface area contributed by atoms with Gasteiger partial charge in [0.1, 0.15) is 11.2 Å². The fourth-order valence-electron chi connectivity index (χ4n) is 9.99. The van der Waals surface area contributed by atoms with Crippen LogP contribution in [0.4, 0.5) is 11.4 Å². The molecule has 2 nitrogen and oxygen atoms in total. The second-order valence-electron chi connectivity index (χ2n) is 16.8. The largest absolute Gasteiger partial charge is 0.456 e. The second kappa shape index (κ2) is 15.5. The number of rotatable bonds is 9. The minimum absolute atomic E-state index is 0.673. The molecule has 0 unspecified atom stereocenters. The molecule has 298 valence electrons. The van der Waals surface area contributed by atoms with Crippen molar-refractivity contribution < 1.29 is 4.42 Å². The van der Waals surface area contributed by atoms with Gasteiger partial charge in [0, 0.05) is 28.7 Å². The number of nitrogens with zero attached hydrogens (tertiary/aromatic N) is 1. The van der Waals surface area contributed by atoms with Crippen LogP contribution in [0, 0.1) is 0 Å². The van der Waals surface area contributed by atoms with E-state index in [1.165, 1.54) is 87.4 Å². The molecule has 0 radical (unpaired) electrons. The van der Waals surface area contributed by atoms with Gasteiger partial charge in [0.15, 0.2) is 0 Å². The van der Waals surface area contributed by atoms with Crippen LogP contribution < -0.4 is 4.90 Å². The van der Waals surface area contributed by atoms with Gasteiger partial charge in [0.05, 0.1) is 0 Å². The van der Waals surface area contributed by atoms with Crippen molar-refractivity contribution in [1.29, 1.82) is 0 Å². The highest BCUT2D eigenvalue weighted by atomic mass is 16.3. The number of hydrogen-bond acceptors (Lipinski definition) is 2. The zero-order valence-electron chi connectivity index (χ0n) is 34.8. The van der Waals surface area contributed by atoms with Crippen molar-refractivity contribution in [2.45, 2.75) is 19.4 Å². The lowest BCUT2D eigenvalue weighted by Crippen LogP contribution is -2.18. The zero-order valence-corrected chi connectivity index (χ0v) is 34.8. The first kappa shape index (κ1) is 36.9. The molecule has 0 amide bonds. The molecule has 0 N–H and O–H groups in total. The summed E-state index contributed by atoms with van der Waals surface area (Å²) in [5, 5.41) is 12.5. The van der Waals surface area contributed by atoms with Crippen LogP contribution in [0.15, 0.2) is 229 Å². The average Bonchev–Trinajstić information content (AvgIpc) is 3.73. The molecule has 0 atom stereocenters. The van der Waals surface area contributed by atoms with Crippen LogP contribution in [0.1, 0.15) is 27.8 Å². The summed E-state index contributed by atoms with van der Waals surface area (Å²) in [4.78, 5) is 2.49. The lowest BCUT2D eigenvalue weighted by molar-refractivity contribution is 0.668. The van der Waals surface area contributed by atoms with Gasteiger partial charge in [-0.2, -0.15) is 0 Å². The summed E-state index contributed by atoms with van der Waals surface area (Å²) < 4.78 is 6.58. The van der Waals surface area contributed by atoms with E-state index < -0.39 is 0 Å². The van der Waals surface area contributed by atoms with Crippen molar-refractivity contribution in [3.63, 3.8) is 0 Å². The van der Waals surface area contributed by atoms with E-state index in [0.717, 1.165) is 40.8 Å². The molecule has 0 saturated carbocycles. The molecule has 1 heterocycles. The molecular formula is C61H43NO. The Bertz CT molecular complexity index is 3640. The monoisotopic (exact) mass is 805 g/mol. The summed E-state index contributed by atoms with van der Waals surface area (Å²) >= 11 is 0. The molecule has 11 aromatic carbocycles. The van der Waals surface area contributed by atoms with Gasteiger partial charge in [-0.15, -0.1) is 0 Å². The Kier molecular flexibility index (Phi) is 9.08. The highest BCUT2D eigenvalue weighted by molar-refractivity contribution is 6.14. The Morgan fingerprint density at radius 1 is 0.349 bits per heavy atom. The van der Waals surface area contributed by atoms with Gasteiger partial charge in [-0.3, -0.25) is 0 Å². The van der Waals surface area contributed by atoms with E-state index in [2.05, 4.69) is 229 Å². The van der Waals surface area contributed by atoms with Gasteiger partial charge >= 0.3 is 0 Å². The van der Waals surface area contributed by atoms with Gasteiger partial charge in [0.2, 0.25) is 0 Å². The first-order chi connectivity index (χ1) is 31.2. The molecule has 0 saturated heterocycles. The third-order valence-corrected chi connectivity index (χ3v) is 13.1. The van der Waals surface area contributed by atoms with Crippen molar-refractivity contribution in [2.24, 2.45) is 0 Å². The van der Waals surface area contributed by atoms with Crippen molar-refractivity contribution >= 4 is 76.4 Å². The normalized spacial score (nSPS) is 11.7. The lowest BCUT2D eigenvalue weighted by atomic mass is 9.90. The van der Waals surface area contributed by atoms with Crippen LogP contribution in [0.3, 0.4) is 0 Å². The minimum Gasteiger partial charge on any atom is -0.456 e. The molecule has 0 spiro atoms. The molecule has 0 aliphatic heterocycles. The SMILES string of the molecule is c1ccc(Cc2ccc(N(Cc3ccc4oc5ccccc5c4c3Cc3cc4ccccc4c4ccccc34)c3ccc(-c4cc5ccccc5c5ccccc45)cc3)cc2)cc1. The maximum absolute atomic E-state index is 6.58. The lowest BCUT2D eigenvalue weighted by Gasteiger charge is -2.27. The van der Waals surface area contributed by atoms with E-state index in [9.17, 15) is 0 Å². The summed E-state index contributed by atoms with van der Waals surface area (Å²) in [5.41, 5.74) is 13.0. The number of benzene rings is 11. The molecule has 12 rings (SSSR count). The number of fused-ring (bicyclic) bond motifs is 9. The maximum Gasteiger partial charge on any atom is 0.135 e. The number of furan rings is 1. The molecule has 0 aliphatic carbocycles. The fraction of sp³-hybridized carbons (Fsp3) is 0.0492. The van der Waals surface area contributed by atoms with Gasteiger partial charge in [-0.05, 0) is 137 Å². The second-order valence-corrected chi connectivity index (χ2v) is 16.8. The van der Waals surface area contributed by atoms with E-state index in [0.29, 0.717) is 6.54 Å². The van der Waals surface area contributed by atoms with E-state index in [1.54, 1.807) is 0 Å². The first-order valence-electron chi connectivity index (χ1n) is 21.9. The predicted molar refractivity (Wildman–Crippen MR) is 266 cm³/mol. The maximum atomic E-state index is 6.58. The highest BCUT2D eigenvalue weighted by Gasteiger charge is 2.21. The highest BCUT2D eigenvalue weighted by Crippen LogP contribution is 2.40. The third-order valence-electron chi connectivity index (χ3n) is 13.1. The Morgan fingerprint density at radius 2 is 0.889 bits per heavy atom. The Hall–Kier alpha value is -7.94. The minimum atomic E-state index is 0.673. The van der Waals surface area contributed by atoms with Gasteiger partial charge in [-0.1, -0.05) is 182 Å². The molecule has 2 heteroatoms. The van der Waals surface area contributed by atoms with Crippen LogP contribution in [0.2, 0.25) is 0 Å². The number of hydrogen-bond donors (Lipinski definition) is 0. The average molecular weight is 806 g/mol. The summed E-state index contributed by atoms with van der Waals surface area (Å²) in [5.74, 6) is 0. The quantitative estimate of drug-likeness (QED) is 0.135. The molecule has 0 fully saturated rings. The van der Waals surface area contributed by atoms with Gasteiger partial charge in [-0.25, -0.2) is 0 Å². The first-order valence-corrected chi connectivity index (χ1v) is 21.9. The molecule has 63 heavy (non-hydrogen) atoms. The van der Waals surface area contributed by atoms with Crippen LogP contribution in [-0.2, 0) is 19.4 Å².